The first-order chi connectivity index (χ1) is 14.9. The zero-order valence-electron chi connectivity index (χ0n) is 20.0. The van der Waals surface area contributed by atoms with E-state index in [1.807, 2.05) is 6.92 Å². The Morgan fingerprint density at radius 1 is 0.903 bits per heavy atom. The number of rotatable bonds is 17. The second kappa shape index (κ2) is 15.1. The largest absolute Gasteiger partial charge is 0.345 e. The van der Waals surface area contributed by atoms with Gasteiger partial charge in [-0.3, -0.25) is 24.1 Å². The van der Waals surface area contributed by atoms with Gasteiger partial charge in [0.1, 0.15) is 0 Å². The molecular formula is C24H43N3O4. The normalized spacial score (nSPS) is 17.0. The third-order valence-electron chi connectivity index (χ3n) is 6.17. The fraction of sp³-hybridized carbons (Fsp3) is 0.833. The van der Waals surface area contributed by atoms with Gasteiger partial charge < -0.3 is 10.6 Å². The van der Waals surface area contributed by atoms with Gasteiger partial charge in [0.15, 0.2) is 5.78 Å². The third-order valence-corrected chi connectivity index (χ3v) is 6.17. The van der Waals surface area contributed by atoms with E-state index in [1.165, 1.54) is 4.90 Å². The number of nitrogens with one attached hydrogen (secondary N) is 2. The second-order valence-electron chi connectivity index (χ2n) is 8.63. The molecule has 0 aliphatic carbocycles. The minimum absolute atomic E-state index is 0.0477. The lowest BCUT2D eigenvalue weighted by Crippen LogP contribution is -2.47. The summed E-state index contributed by atoms with van der Waals surface area (Å²) in [5.74, 6) is -0.309. The standard InChI is InChI=1S/C24H43N3O4/c1-5-11-18(7-3)24(31)20(26-21(28)17-25-19(8-4)12-6-2)13-9-10-16-27-22(29)14-15-23(27)30/h18-20,25H,5-17H2,1-4H3,(H,26,28)/t18?,19?,20-/m0/s1. The molecule has 1 heterocycles. The fourth-order valence-corrected chi connectivity index (χ4v) is 4.24. The number of hydrogen-bond donors (Lipinski definition) is 2. The predicted octanol–water partition coefficient (Wildman–Crippen LogP) is 3.35. The first kappa shape index (κ1) is 27.3. The van der Waals surface area contributed by atoms with Crippen LogP contribution in [-0.2, 0) is 19.2 Å². The number of amides is 3. The summed E-state index contributed by atoms with van der Waals surface area (Å²) in [4.78, 5) is 50.5. The number of likely N-dealkylation sites (tertiary alicyclic amines) is 1. The summed E-state index contributed by atoms with van der Waals surface area (Å²) in [5, 5.41) is 6.25. The molecule has 1 rings (SSSR count). The van der Waals surface area contributed by atoms with Gasteiger partial charge in [-0.15, -0.1) is 0 Å². The van der Waals surface area contributed by atoms with Gasteiger partial charge in [0.05, 0.1) is 12.6 Å². The number of nitrogens with zero attached hydrogens (tertiary/aromatic N) is 1. The van der Waals surface area contributed by atoms with E-state index in [-0.39, 0.29) is 36.0 Å². The third kappa shape index (κ3) is 9.50. The highest BCUT2D eigenvalue weighted by molar-refractivity contribution is 6.01. The molecule has 3 amide bonds. The van der Waals surface area contributed by atoms with Crippen molar-refractivity contribution in [2.24, 2.45) is 5.92 Å². The Hall–Kier alpha value is -1.76. The van der Waals surface area contributed by atoms with Crippen molar-refractivity contribution in [1.29, 1.82) is 0 Å². The Labute approximate surface area is 188 Å². The van der Waals surface area contributed by atoms with E-state index in [4.69, 9.17) is 0 Å². The average molecular weight is 438 g/mol. The Kier molecular flexibility index (Phi) is 13.3. The van der Waals surface area contributed by atoms with Crippen molar-refractivity contribution < 1.29 is 19.2 Å². The van der Waals surface area contributed by atoms with Gasteiger partial charge in [0.2, 0.25) is 17.7 Å². The molecule has 2 unspecified atom stereocenters. The quantitative estimate of drug-likeness (QED) is 0.269. The molecule has 3 atom stereocenters. The van der Waals surface area contributed by atoms with E-state index in [0.29, 0.717) is 44.7 Å². The minimum atomic E-state index is -0.512. The monoisotopic (exact) mass is 437 g/mol. The highest BCUT2D eigenvalue weighted by Gasteiger charge is 2.29. The number of ketones is 1. The summed E-state index contributed by atoms with van der Waals surface area (Å²) in [6.07, 6.45) is 8.03. The first-order valence-corrected chi connectivity index (χ1v) is 12.3. The van der Waals surface area contributed by atoms with Crippen LogP contribution in [0.2, 0.25) is 0 Å². The Balaban J connectivity index is 2.63. The lowest BCUT2D eigenvalue weighted by Gasteiger charge is -2.24. The molecule has 0 aromatic heterocycles. The van der Waals surface area contributed by atoms with Crippen LogP contribution in [0.25, 0.3) is 0 Å². The van der Waals surface area contributed by atoms with E-state index in [1.54, 1.807) is 0 Å². The Morgan fingerprint density at radius 2 is 1.55 bits per heavy atom. The van der Waals surface area contributed by atoms with Crippen LogP contribution in [0.4, 0.5) is 0 Å². The van der Waals surface area contributed by atoms with Crippen molar-refractivity contribution in [3.8, 4) is 0 Å². The van der Waals surface area contributed by atoms with Gasteiger partial charge in [0, 0.05) is 31.3 Å². The topological polar surface area (TPSA) is 95.6 Å². The zero-order valence-corrected chi connectivity index (χ0v) is 20.0. The lowest BCUT2D eigenvalue weighted by molar-refractivity contribution is -0.138. The molecule has 2 N–H and O–H groups in total. The number of carbonyl (C=O) groups excluding carboxylic acids is 4. The van der Waals surface area contributed by atoms with Crippen molar-refractivity contribution >= 4 is 23.5 Å². The molecule has 1 aliphatic heterocycles. The molecule has 1 fully saturated rings. The van der Waals surface area contributed by atoms with Crippen LogP contribution in [-0.4, -0.2) is 53.6 Å². The summed E-state index contributed by atoms with van der Waals surface area (Å²) in [5.41, 5.74) is 0. The zero-order chi connectivity index (χ0) is 23.2. The highest BCUT2D eigenvalue weighted by atomic mass is 16.2. The van der Waals surface area contributed by atoms with E-state index >= 15 is 0 Å². The summed E-state index contributed by atoms with van der Waals surface area (Å²) < 4.78 is 0. The van der Waals surface area contributed by atoms with E-state index in [9.17, 15) is 19.2 Å². The molecular weight excluding hydrogens is 394 g/mol. The maximum Gasteiger partial charge on any atom is 0.234 e. The lowest BCUT2D eigenvalue weighted by atomic mass is 9.89. The molecule has 31 heavy (non-hydrogen) atoms. The van der Waals surface area contributed by atoms with Gasteiger partial charge in [0.25, 0.3) is 0 Å². The summed E-state index contributed by atoms with van der Waals surface area (Å²) in [7, 11) is 0. The summed E-state index contributed by atoms with van der Waals surface area (Å²) in [6, 6.07) is -0.203. The van der Waals surface area contributed by atoms with Crippen LogP contribution >= 0.6 is 0 Å². The van der Waals surface area contributed by atoms with Crippen molar-refractivity contribution in [2.45, 2.75) is 110 Å². The average Bonchev–Trinajstić information content (AvgIpc) is 3.08. The van der Waals surface area contributed by atoms with Crippen LogP contribution < -0.4 is 10.6 Å². The molecule has 0 radical (unpaired) electrons. The molecule has 0 saturated carbocycles. The molecule has 7 heteroatoms. The SMILES string of the molecule is CCCC(CC)NCC(=O)N[C@@H](CCCCN1C(=O)CCC1=O)C(=O)C(CC)CCC. The van der Waals surface area contributed by atoms with Crippen LogP contribution in [0.5, 0.6) is 0 Å². The highest BCUT2D eigenvalue weighted by Crippen LogP contribution is 2.18. The number of unbranched alkanes of at least 4 members (excludes halogenated alkanes) is 1. The number of imide groups is 1. The Morgan fingerprint density at radius 3 is 2.10 bits per heavy atom. The first-order valence-electron chi connectivity index (χ1n) is 12.3. The van der Waals surface area contributed by atoms with Crippen molar-refractivity contribution in [1.82, 2.24) is 15.5 Å². The van der Waals surface area contributed by atoms with Gasteiger partial charge in [-0.1, -0.05) is 40.5 Å². The van der Waals surface area contributed by atoms with Crippen LogP contribution in [0, 0.1) is 5.92 Å². The number of Topliss-reactive ketones (excluding diaryl/α,β-unsaturated/α-hetero) is 1. The van der Waals surface area contributed by atoms with Gasteiger partial charge in [-0.05, 0) is 44.9 Å². The fourth-order valence-electron chi connectivity index (χ4n) is 4.24. The molecule has 1 aliphatic rings. The molecule has 7 nitrogen and oxygen atoms in total. The Bertz CT molecular complexity index is 577. The maximum absolute atomic E-state index is 13.1. The number of hydrogen-bond acceptors (Lipinski definition) is 5. The minimum Gasteiger partial charge on any atom is -0.345 e. The molecule has 0 aromatic carbocycles. The van der Waals surface area contributed by atoms with Crippen LogP contribution in [0.1, 0.15) is 98.3 Å². The summed E-state index contributed by atoms with van der Waals surface area (Å²) >= 11 is 0. The predicted molar refractivity (Wildman–Crippen MR) is 122 cm³/mol. The van der Waals surface area contributed by atoms with Crippen LogP contribution in [0.15, 0.2) is 0 Å². The van der Waals surface area contributed by atoms with Gasteiger partial charge in [-0.2, -0.15) is 0 Å². The molecule has 0 aromatic rings. The molecule has 0 bridgehead atoms. The summed E-state index contributed by atoms with van der Waals surface area (Å²) in [6.45, 7) is 8.92. The smallest absolute Gasteiger partial charge is 0.234 e. The van der Waals surface area contributed by atoms with E-state index in [2.05, 4.69) is 31.4 Å². The maximum atomic E-state index is 13.1. The van der Waals surface area contributed by atoms with Gasteiger partial charge in [-0.25, -0.2) is 0 Å². The van der Waals surface area contributed by atoms with E-state index < -0.39 is 6.04 Å². The van der Waals surface area contributed by atoms with Crippen molar-refractivity contribution in [3.05, 3.63) is 0 Å². The van der Waals surface area contributed by atoms with Crippen molar-refractivity contribution in [2.75, 3.05) is 13.1 Å². The van der Waals surface area contributed by atoms with Crippen molar-refractivity contribution in [3.63, 3.8) is 0 Å². The number of carbonyl (C=O) groups is 4. The second-order valence-corrected chi connectivity index (χ2v) is 8.63. The van der Waals surface area contributed by atoms with Gasteiger partial charge >= 0.3 is 0 Å². The van der Waals surface area contributed by atoms with E-state index in [0.717, 1.165) is 38.5 Å². The molecule has 0 spiro atoms. The molecule has 1 saturated heterocycles. The van der Waals surface area contributed by atoms with Crippen LogP contribution in [0.3, 0.4) is 0 Å². The molecule has 178 valence electrons.